The van der Waals surface area contributed by atoms with Crippen LogP contribution < -0.4 is 10.2 Å². The van der Waals surface area contributed by atoms with Crippen molar-refractivity contribution in [3.05, 3.63) is 30.4 Å². The molecule has 12 heteroatoms. The Morgan fingerprint density at radius 3 is 2.28 bits per heavy atom. The summed E-state index contributed by atoms with van der Waals surface area (Å²) in [6.07, 6.45) is 0.528. The number of carbonyl (C=O) groups is 2. The van der Waals surface area contributed by atoms with Crippen molar-refractivity contribution in [1.82, 2.24) is 19.9 Å². The smallest absolute Gasteiger partial charge is 0.475 e. The molecule has 0 unspecified atom stereocenters. The summed E-state index contributed by atoms with van der Waals surface area (Å²) >= 11 is 0. The number of aryl methyl sites for hydroxylation is 1. The molecule has 1 amide bonds. The molecular weight excluding hydrogens is 393 g/mol. The maximum Gasteiger partial charge on any atom is 0.490 e. The predicted octanol–water partition coefficient (Wildman–Crippen LogP) is 1.82. The largest absolute Gasteiger partial charge is 0.490 e. The van der Waals surface area contributed by atoms with Gasteiger partial charge in [0, 0.05) is 57.4 Å². The number of aliphatic carboxylic acids is 1. The van der Waals surface area contributed by atoms with E-state index >= 15 is 0 Å². The Labute approximate surface area is 164 Å². The summed E-state index contributed by atoms with van der Waals surface area (Å²) in [4.78, 5) is 31.3. The van der Waals surface area contributed by atoms with E-state index in [2.05, 4.69) is 15.3 Å². The molecule has 0 bridgehead atoms. The second-order valence-corrected chi connectivity index (χ2v) is 5.86. The lowest BCUT2D eigenvalue weighted by atomic mass is 10.2. The normalized spacial score (nSPS) is 10.4. The number of rotatable bonds is 5. The molecule has 0 spiro atoms. The molecule has 0 aliphatic rings. The fraction of sp³-hybridized carbons (Fsp3) is 0.353. The second-order valence-electron chi connectivity index (χ2n) is 5.86. The Morgan fingerprint density at radius 1 is 1.28 bits per heavy atom. The maximum atomic E-state index is 12.0. The second kappa shape index (κ2) is 10.1. The van der Waals surface area contributed by atoms with Crippen LogP contribution in [-0.2, 0) is 11.8 Å². The molecule has 0 aliphatic carbocycles. The van der Waals surface area contributed by atoms with Crippen molar-refractivity contribution in [2.75, 3.05) is 25.5 Å². The number of halogens is 3. The molecule has 0 fully saturated rings. The lowest BCUT2D eigenvalue weighted by Gasteiger charge is -2.09. The zero-order chi connectivity index (χ0) is 22.2. The van der Waals surface area contributed by atoms with Gasteiger partial charge in [-0.2, -0.15) is 18.4 Å². The molecule has 2 aromatic rings. The summed E-state index contributed by atoms with van der Waals surface area (Å²) in [5.41, 5.74) is 2.25. The summed E-state index contributed by atoms with van der Waals surface area (Å²) in [5.74, 6) is -2.32. The molecule has 0 radical (unpaired) electrons. The van der Waals surface area contributed by atoms with Crippen molar-refractivity contribution < 1.29 is 27.9 Å². The molecule has 2 aromatic heterocycles. The summed E-state index contributed by atoms with van der Waals surface area (Å²) < 4.78 is 33.5. The van der Waals surface area contributed by atoms with Gasteiger partial charge in [-0.05, 0) is 6.07 Å². The first-order valence-corrected chi connectivity index (χ1v) is 8.08. The SMILES string of the molecule is CN(C)c1ncc(-c2cc(C(=O)NCCC#N)n(C)c2)cn1.O=C(O)C(F)(F)F. The van der Waals surface area contributed by atoms with Gasteiger partial charge in [0.25, 0.3) is 5.91 Å². The van der Waals surface area contributed by atoms with E-state index in [-0.39, 0.29) is 5.91 Å². The van der Waals surface area contributed by atoms with E-state index in [9.17, 15) is 18.0 Å². The summed E-state index contributed by atoms with van der Waals surface area (Å²) in [6, 6.07) is 3.78. The summed E-state index contributed by atoms with van der Waals surface area (Å²) in [5, 5.41) is 18.3. The highest BCUT2D eigenvalue weighted by Crippen LogP contribution is 2.21. The summed E-state index contributed by atoms with van der Waals surface area (Å²) in [6.45, 7) is 0.344. The number of anilines is 1. The van der Waals surface area contributed by atoms with Gasteiger partial charge in [-0.25, -0.2) is 14.8 Å². The van der Waals surface area contributed by atoms with E-state index in [1.54, 1.807) is 30.1 Å². The number of carboxylic acids is 1. The quantitative estimate of drug-likeness (QED) is 0.718. The number of amides is 1. The molecule has 0 aromatic carbocycles. The van der Waals surface area contributed by atoms with Crippen molar-refractivity contribution in [3.8, 4) is 17.2 Å². The fourth-order valence-electron chi connectivity index (χ4n) is 1.97. The van der Waals surface area contributed by atoms with E-state index < -0.39 is 12.1 Å². The van der Waals surface area contributed by atoms with Gasteiger partial charge in [0.1, 0.15) is 5.69 Å². The lowest BCUT2D eigenvalue weighted by molar-refractivity contribution is -0.192. The number of carbonyl (C=O) groups excluding carboxylic acids is 1. The van der Waals surface area contributed by atoms with Crippen LogP contribution in [0.2, 0.25) is 0 Å². The third-order valence-corrected chi connectivity index (χ3v) is 3.37. The van der Waals surface area contributed by atoms with Crippen LogP contribution in [0.1, 0.15) is 16.9 Å². The first-order chi connectivity index (χ1) is 13.5. The van der Waals surface area contributed by atoms with Gasteiger partial charge in [-0.15, -0.1) is 0 Å². The zero-order valence-corrected chi connectivity index (χ0v) is 15.9. The van der Waals surface area contributed by atoms with E-state index in [4.69, 9.17) is 15.2 Å². The van der Waals surface area contributed by atoms with E-state index in [1.807, 2.05) is 31.3 Å². The van der Waals surface area contributed by atoms with Gasteiger partial charge >= 0.3 is 12.1 Å². The Hall–Kier alpha value is -3.62. The maximum absolute atomic E-state index is 12.0. The molecular formula is C17H19F3N6O3. The highest BCUT2D eigenvalue weighted by molar-refractivity contribution is 5.94. The van der Waals surface area contributed by atoms with Gasteiger partial charge in [-0.3, -0.25) is 4.79 Å². The van der Waals surface area contributed by atoms with Crippen LogP contribution in [0.3, 0.4) is 0 Å². The number of hydrogen-bond donors (Lipinski definition) is 2. The van der Waals surface area contributed by atoms with Crippen molar-refractivity contribution >= 4 is 17.8 Å². The Bertz CT molecular complexity index is 885. The van der Waals surface area contributed by atoms with Gasteiger partial charge in [0.15, 0.2) is 0 Å². The topological polar surface area (TPSA) is 124 Å². The molecule has 0 atom stereocenters. The number of nitrogens with one attached hydrogen (secondary N) is 1. The first kappa shape index (κ1) is 23.4. The predicted molar refractivity (Wildman–Crippen MR) is 97.0 cm³/mol. The van der Waals surface area contributed by atoms with Crippen LogP contribution in [0, 0.1) is 11.3 Å². The summed E-state index contributed by atoms with van der Waals surface area (Å²) in [7, 11) is 5.56. The molecule has 0 aliphatic heterocycles. The molecule has 0 saturated carbocycles. The van der Waals surface area contributed by atoms with Crippen molar-refractivity contribution in [2.45, 2.75) is 12.6 Å². The van der Waals surface area contributed by atoms with Crippen LogP contribution in [0.4, 0.5) is 19.1 Å². The minimum absolute atomic E-state index is 0.199. The van der Waals surface area contributed by atoms with E-state index in [0.717, 1.165) is 11.1 Å². The molecule has 2 N–H and O–H groups in total. The number of nitriles is 1. The first-order valence-electron chi connectivity index (χ1n) is 8.08. The average molecular weight is 412 g/mol. The van der Waals surface area contributed by atoms with Gasteiger partial charge < -0.3 is 19.9 Å². The van der Waals surface area contributed by atoms with Crippen molar-refractivity contribution in [2.24, 2.45) is 7.05 Å². The number of aromatic nitrogens is 3. The van der Waals surface area contributed by atoms with Crippen molar-refractivity contribution in [3.63, 3.8) is 0 Å². The van der Waals surface area contributed by atoms with Crippen LogP contribution >= 0.6 is 0 Å². The fourth-order valence-corrected chi connectivity index (χ4v) is 1.97. The third-order valence-electron chi connectivity index (χ3n) is 3.37. The Balaban J connectivity index is 0.000000516. The Morgan fingerprint density at radius 2 is 1.83 bits per heavy atom. The molecule has 9 nitrogen and oxygen atoms in total. The van der Waals surface area contributed by atoms with Crippen LogP contribution in [0.25, 0.3) is 11.1 Å². The average Bonchev–Trinajstić information content (AvgIpc) is 3.03. The zero-order valence-electron chi connectivity index (χ0n) is 15.9. The van der Waals surface area contributed by atoms with E-state index in [1.165, 1.54) is 0 Å². The van der Waals surface area contributed by atoms with Crippen LogP contribution in [0.15, 0.2) is 24.7 Å². The number of alkyl halides is 3. The van der Waals surface area contributed by atoms with Gasteiger partial charge in [0.05, 0.1) is 12.5 Å². The monoisotopic (exact) mass is 412 g/mol. The van der Waals surface area contributed by atoms with E-state index in [0.29, 0.717) is 24.6 Å². The molecule has 2 heterocycles. The number of nitrogens with zero attached hydrogens (tertiary/aromatic N) is 5. The number of hydrogen-bond acceptors (Lipinski definition) is 6. The minimum atomic E-state index is -5.08. The third kappa shape index (κ3) is 7.13. The number of carboxylic acid groups (broad SMARTS) is 1. The minimum Gasteiger partial charge on any atom is -0.475 e. The van der Waals surface area contributed by atoms with Crippen LogP contribution in [-0.4, -0.2) is 58.3 Å². The molecule has 29 heavy (non-hydrogen) atoms. The molecule has 2 rings (SSSR count). The highest BCUT2D eigenvalue weighted by atomic mass is 19.4. The highest BCUT2D eigenvalue weighted by Gasteiger charge is 2.38. The van der Waals surface area contributed by atoms with Crippen LogP contribution in [0.5, 0.6) is 0 Å². The lowest BCUT2D eigenvalue weighted by Crippen LogP contribution is -2.25. The molecule has 156 valence electrons. The Kier molecular flexibility index (Phi) is 8.13. The van der Waals surface area contributed by atoms with Gasteiger partial charge in [-0.1, -0.05) is 0 Å². The molecule has 0 saturated heterocycles. The standard InChI is InChI=1S/C15H18N6O.C2HF3O2/c1-20(2)15-18-8-12(9-19-15)11-7-13(21(3)10-11)14(22)17-6-4-5-16;3-2(4,5)1(6)7/h7-10H,4,6H2,1-3H3,(H,17,22);(H,6,7). The van der Waals surface area contributed by atoms with Gasteiger partial charge in [0.2, 0.25) is 5.95 Å². The van der Waals surface area contributed by atoms with Crippen molar-refractivity contribution in [1.29, 1.82) is 5.26 Å².